The van der Waals surface area contributed by atoms with E-state index in [9.17, 15) is 4.79 Å². The van der Waals surface area contributed by atoms with Crippen LogP contribution in [0.5, 0.6) is 0 Å². The summed E-state index contributed by atoms with van der Waals surface area (Å²) in [5.41, 5.74) is 0. The van der Waals surface area contributed by atoms with Gasteiger partial charge in [-0.1, -0.05) is 13.8 Å². The van der Waals surface area contributed by atoms with Gasteiger partial charge in [0.05, 0.1) is 25.1 Å². The summed E-state index contributed by atoms with van der Waals surface area (Å²) in [5.74, 6) is 0.278. The molecule has 0 aromatic carbocycles. The number of carbonyl (C=O) groups is 1. The zero-order valence-corrected chi connectivity index (χ0v) is 14.8. The van der Waals surface area contributed by atoms with Crippen LogP contribution in [-0.4, -0.2) is 58.9 Å². The van der Waals surface area contributed by atoms with Crippen molar-refractivity contribution in [3.8, 4) is 0 Å². The highest BCUT2D eigenvalue weighted by atomic mass is 16.5. The summed E-state index contributed by atoms with van der Waals surface area (Å²) in [6, 6.07) is 0.316. The normalized spacial score (nSPS) is 26.0. The lowest BCUT2D eigenvalue weighted by molar-refractivity contribution is -0.151. The van der Waals surface area contributed by atoms with E-state index in [1.807, 2.05) is 17.4 Å². The number of ether oxygens (including phenoxy) is 2. The molecule has 0 N–H and O–H groups in total. The molecule has 6 nitrogen and oxygen atoms in total. The standard InChI is InChI=1S/C18H29N3O3/c1-14(2)17(24-12-16-6-4-10-23-16)18(22)20-8-3-5-15(11-20)21-9-7-19-13-21/h7,9,13-17H,3-6,8,10-12H2,1-2H3/t15-,16+,17-/m0/s1. The fourth-order valence-corrected chi connectivity index (χ4v) is 3.60. The molecule has 2 aliphatic rings. The van der Waals surface area contributed by atoms with E-state index >= 15 is 0 Å². The van der Waals surface area contributed by atoms with Crippen molar-refractivity contribution in [1.82, 2.24) is 14.5 Å². The van der Waals surface area contributed by atoms with Gasteiger partial charge < -0.3 is 18.9 Å². The molecular weight excluding hydrogens is 306 g/mol. The minimum atomic E-state index is -0.379. The molecule has 3 heterocycles. The van der Waals surface area contributed by atoms with Gasteiger partial charge in [0.1, 0.15) is 6.10 Å². The van der Waals surface area contributed by atoms with Gasteiger partial charge >= 0.3 is 0 Å². The second-order valence-corrected chi connectivity index (χ2v) is 7.22. The Morgan fingerprint density at radius 3 is 2.92 bits per heavy atom. The number of hydrogen-bond acceptors (Lipinski definition) is 4. The summed E-state index contributed by atoms with van der Waals surface area (Å²) in [6.07, 6.45) is 9.61. The third kappa shape index (κ3) is 4.16. The van der Waals surface area contributed by atoms with Crippen molar-refractivity contribution in [2.45, 2.75) is 57.8 Å². The Labute approximate surface area is 144 Å². The Kier molecular flexibility index (Phi) is 5.89. The van der Waals surface area contributed by atoms with E-state index < -0.39 is 0 Å². The lowest BCUT2D eigenvalue weighted by Gasteiger charge is -2.36. The Morgan fingerprint density at radius 1 is 1.38 bits per heavy atom. The average molecular weight is 335 g/mol. The molecule has 0 unspecified atom stereocenters. The fourth-order valence-electron chi connectivity index (χ4n) is 3.60. The monoisotopic (exact) mass is 335 g/mol. The molecule has 6 heteroatoms. The molecule has 2 fully saturated rings. The van der Waals surface area contributed by atoms with Crippen molar-refractivity contribution in [3.05, 3.63) is 18.7 Å². The van der Waals surface area contributed by atoms with Gasteiger partial charge in [-0.2, -0.15) is 0 Å². The van der Waals surface area contributed by atoms with Gasteiger partial charge in [-0.25, -0.2) is 4.98 Å². The largest absolute Gasteiger partial charge is 0.376 e. The molecule has 3 atom stereocenters. The van der Waals surface area contributed by atoms with E-state index in [0.717, 1.165) is 45.4 Å². The summed E-state index contributed by atoms with van der Waals surface area (Å²) >= 11 is 0. The minimum Gasteiger partial charge on any atom is -0.376 e. The number of rotatable bonds is 6. The first-order valence-corrected chi connectivity index (χ1v) is 9.14. The predicted molar refractivity (Wildman–Crippen MR) is 90.6 cm³/mol. The van der Waals surface area contributed by atoms with E-state index in [4.69, 9.17) is 9.47 Å². The quantitative estimate of drug-likeness (QED) is 0.800. The van der Waals surface area contributed by atoms with Gasteiger partial charge in [0.2, 0.25) is 0 Å². The average Bonchev–Trinajstić information content (AvgIpc) is 3.28. The smallest absolute Gasteiger partial charge is 0.252 e. The maximum Gasteiger partial charge on any atom is 0.252 e. The SMILES string of the molecule is CC(C)[C@H](OC[C@H]1CCCO1)C(=O)N1CCC[C@H](n2ccnc2)C1. The molecule has 1 aromatic rings. The number of piperidine rings is 1. The molecule has 1 amide bonds. The minimum absolute atomic E-state index is 0.118. The Hall–Kier alpha value is -1.40. The van der Waals surface area contributed by atoms with Crippen LogP contribution in [0.3, 0.4) is 0 Å². The topological polar surface area (TPSA) is 56.6 Å². The van der Waals surface area contributed by atoms with Crippen molar-refractivity contribution >= 4 is 5.91 Å². The number of imidazole rings is 1. The van der Waals surface area contributed by atoms with Crippen molar-refractivity contribution < 1.29 is 14.3 Å². The second-order valence-electron chi connectivity index (χ2n) is 7.22. The molecule has 0 spiro atoms. The summed E-state index contributed by atoms with van der Waals surface area (Å²) in [5, 5.41) is 0. The third-order valence-corrected chi connectivity index (χ3v) is 4.99. The van der Waals surface area contributed by atoms with Gasteiger partial charge in [-0.05, 0) is 31.6 Å². The number of likely N-dealkylation sites (tertiary alicyclic amines) is 1. The lowest BCUT2D eigenvalue weighted by atomic mass is 10.0. The zero-order valence-electron chi connectivity index (χ0n) is 14.8. The van der Waals surface area contributed by atoms with Gasteiger partial charge in [-0.15, -0.1) is 0 Å². The zero-order chi connectivity index (χ0) is 16.9. The molecule has 2 aliphatic heterocycles. The summed E-state index contributed by atoms with van der Waals surface area (Å²) in [7, 11) is 0. The number of aromatic nitrogens is 2. The van der Waals surface area contributed by atoms with Crippen LogP contribution < -0.4 is 0 Å². The van der Waals surface area contributed by atoms with E-state index in [1.165, 1.54) is 0 Å². The van der Waals surface area contributed by atoms with Crippen molar-refractivity contribution in [1.29, 1.82) is 0 Å². The van der Waals surface area contributed by atoms with E-state index in [-0.39, 0.29) is 24.0 Å². The van der Waals surface area contributed by atoms with Crippen LogP contribution in [0.25, 0.3) is 0 Å². The molecule has 134 valence electrons. The first kappa shape index (κ1) is 17.4. The summed E-state index contributed by atoms with van der Waals surface area (Å²) in [6.45, 7) is 6.99. The van der Waals surface area contributed by atoms with Crippen LogP contribution >= 0.6 is 0 Å². The molecule has 0 aliphatic carbocycles. The number of hydrogen-bond donors (Lipinski definition) is 0. The van der Waals surface area contributed by atoms with Crippen LogP contribution in [-0.2, 0) is 14.3 Å². The van der Waals surface area contributed by atoms with Gasteiger partial charge in [-0.3, -0.25) is 4.79 Å². The molecular formula is C18H29N3O3. The second kappa shape index (κ2) is 8.12. The molecule has 0 saturated carbocycles. The maximum atomic E-state index is 13.0. The first-order chi connectivity index (χ1) is 11.6. The Morgan fingerprint density at radius 2 is 2.25 bits per heavy atom. The van der Waals surface area contributed by atoms with Crippen molar-refractivity contribution in [2.24, 2.45) is 5.92 Å². The molecule has 2 saturated heterocycles. The van der Waals surface area contributed by atoms with Crippen LogP contribution in [0.1, 0.15) is 45.6 Å². The molecule has 0 radical (unpaired) electrons. The van der Waals surface area contributed by atoms with E-state index in [1.54, 1.807) is 6.20 Å². The molecule has 1 aromatic heterocycles. The molecule has 3 rings (SSSR count). The van der Waals surface area contributed by atoms with Gasteiger partial charge in [0.25, 0.3) is 5.91 Å². The Bertz CT molecular complexity index is 512. The summed E-state index contributed by atoms with van der Waals surface area (Å²) < 4.78 is 13.7. The highest BCUT2D eigenvalue weighted by molar-refractivity contribution is 5.81. The van der Waals surface area contributed by atoms with Crippen LogP contribution in [0.15, 0.2) is 18.7 Å². The van der Waals surface area contributed by atoms with Crippen molar-refractivity contribution in [2.75, 3.05) is 26.3 Å². The van der Waals surface area contributed by atoms with Crippen LogP contribution in [0.4, 0.5) is 0 Å². The van der Waals surface area contributed by atoms with E-state index in [0.29, 0.717) is 12.6 Å². The fraction of sp³-hybridized carbons (Fsp3) is 0.778. The highest BCUT2D eigenvalue weighted by Crippen LogP contribution is 2.24. The highest BCUT2D eigenvalue weighted by Gasteiger charge is 2.32. The molecule has 0 bridgehead atoms. The Balaban J connectivity index is 1.58. The van der Waals surface area contributed by atoms with Crippen LogP contribution in [0.2, 0.25) is 0 Å². The predicted octanol–water partition coefficient (Wildman–Crippen LogP) is 2.27. The van der Waals surface area contributed by atoms with Gasteiger partial charge in [0.15, 0.2) is 0 Å². The molecule has 24 heavy (non-hydrogen) atoms. The van der Waals surface area contributed by atoms with Gasteiger partial charge in [0, 0.05) is 32.1 Å². The number of nitrogens with zero attached hydrogens (tertiary/aromatic N) is 3. The van der Waals surface area contributed by atoms with E-state index in [2.05, 4.69) is 23.4 Å². The van der Waals surface area contributed by atoms with Crippen LogP contribution in [0, 0.1) is 5.92 Å². The number of carbonyl (C=O) groups excluding carboxylic acids is 1. The number of amides is 1. The third-order valence-electron chi connectivity index (χ3n) is 4.99. The lowest BCUT2D eigenvalue weighted by Crippen LogP contribution is -2.48. The first-order valence-electron chi connectivity index (χ1n) is 9.14. The summed E-state index contributed by atoms with van der Waals surface area (Å²) in [4.78, 5) is 19.1. The maximum absolute atomic E-state index is 13.0. The van der Waals surface area contributed by atoms with Crippen molar-refractivity contribution in [3.63, 3.8) is 0 Å².